The smallest absolute Gasteiger partial charge is 0.323 e. The molecule has 0 aromatic heterocycles. The van der Waals surface area contributed by atoms with Gasteiger partial charge >= 0.3 is 12.0 Å². The molecule has 0 atom stereocenters. The van der Waals surface area contributed by atoms with Gasteiger partial charge in [0.2, 0.25) is 0 Å². The van der Waals surface area contributed by atoms with Crippen LogP contribution in [0.2, 0.25) is 0 Å². The number of carbonyl (C=O) groups excluding carboxylic acids is 1. The molecule has 0 radical (unpaired) electrons. The van der Waals surface area contributed by atoms with Gasteiger partial charge in [-0.2, -0.15) is 0 Å². The van der Waals surface area contributed by atoms with Crippen molar-refractivity contribution in [2.24, 2.45) is 5.92 Å². The van der Waals surface area contributed by atoms with Crippen molar-refractivity contribution in [1.29, 1.82) is 0 Å². The van der Waals surface area contributed by atoms with E-state index in [0.717, 1.165) is 25.7 Å². The lowest BCUT2D eigenvalue weighted by Gasteiger charge is -2.43. The molecule has 1 aliphatic carbocycles. The summed E-state index contributed by atoms with van der Waals surface area (Å²) in [5.41, 5.74) is -0.0924. The second-order valence-corrected chi connectivity index (χ2v) is 5.59. The van der Waals surface area contributed by atoms with Gasteiger partial charge in [0.1, 0.15) is 6.54 Å². The fourth-order valence-corrected chi connectivity index (χ4v) is 2.30. The van der Waals surface area contributed by atoms with Crippen molar-refractivity contribution >= 4 is 12.0 Å². The molecular weight excluding hydrogens is 232 g/mol. The molecule has 0 bridgehead atoms. The van der Waals surface area contributed by atoms with Gasteiger partial charge in [0.15, 0.2) is 0 Å². The first kappa shape index (κ1) is 14.8. The summed E-state index contributed by atoms with van der Waals surface area (Å²) in [4.78, 5) is 24.3. The van der Waals surface area contributed by atoms with Crippen molar-refractivity contribution in [3.8, 4) is 0 Å². The molecule has 5 heteroatoms. The molecule has 1 rings (SSSR count). The number of rotatable bonds is 6. The number of nitrogens with zero attached hydrogens (tertiary/aromatic N) is 1. The Balaban J connectivity index is 2.60. The number of aliphatic carboxylic acids is 1. The van der Waals surface area contributed by atoms with Crippen LogP contribution in [0.25, 0.3) is 0 Å². The molecule has 5 nitrogen and oxygen atoms in total. The second-order valence-electron chi connectivity index (χ2n) is 5.59. The fraction of sp³-hybridized carbons (Fsp3) is 0.846. The molecule has 0 aliphatic heterocycles. The van der Waals surface area contributed by atoms with E-state index in [1.54, 1.807) is 0 Å². The monoisotopic (exact) mass is 256 g/mol. The molecule has 1 aliphatic rings. The molecule has 0 heterocycles. The molecule has 0 aromatic rings. The minimum Gasteiger partial charge on any atom is -0.480 e. The van der Waals surface area contributed by atoms with Crippen LogP contribution >= 0.6 is 0 Å². The molecule has 0 aromatic carbocycles. The zero-order valence-corrected chi connectivity index (χ0v) is 11.5. The van der Waals surface area contributed by atoms with E-state index in [-0.39, 0.29) is 24.0 Å². The maximum Gasteiger partial charge on any atom is 0.323 e. The first-order valence-corrected chi connectivity index (χ1v) is 6.67. The first-order valence-electron chi connectivity index (χ1n) is 6.67. The maximum absolute atomic E-state index is 12.1. The number of carbonyl (C=O) groups is 2. The van der Waals surface area contributed by atoms with Crippen LogP contribution in [0.4, 0.5) is 4.79 Å². The van der Waals surface area contributed by atoms with Crippen LogP contribution < -0.4 is 5.32 Å². The van der Waals surface area contributed by atoms with Crippen molar-refractivity contribution in [2.75, 3.05) is 13.1 Å². The van der Waals surface area contributed by atoms with Crippen LogP contribution in [0.1, 0.15) is 46.5 Å². The zero-order valence-electron chi connectivity index (χ0n) is 11.5. The standard InChI is InChI=1S/C13H24N2O3/c1-4-13(6-5-7-13)14-12(18)15(8-10(2)3)9-11(16)17/h10H,4-9H2,1-3H3,(H,14,18)(H,16,17). The third-order valence-electron chi connectivity index (χ3n) is 3.56. The molecular formula is C13H24N2O3. The Kier molecular flexibility index (Phi) is 4.99. The molecule has 2 N–H and O–H groups in total. The van der Waals surface area contributed by atoms with Crippen molar-refractivity contribution in [3.63, 3.8) is 0 Å². The lowest BCUT2D eigenvalue weighted by atomic mass is 9.75. The van der Waals surface area contributed by atoms with Gasteiger partial charge in [0, 0.05) is 12.1 Å². The normalized spacial score (nSPS) is 17.1. The van der Waals surface area contributed by atoms with Crippen molar-refractivity contribution in [2.45, 2.75) is 52.0 Å². The highest BCUT2D eigenvalue weighted by Gasteiger charge is 2.37. The SMILES string of the molecule is CCC1(NC(=O)N(CC(=O)O)CC(C)C)CCC1. The third-order valence-corrected chi connectivity index (χ3v) is 3.56. The quantitative estimate of drug-likeness (QED) is 0.764. The summed E-state index contributed by atoms with van der Waals surface area (Å²) in [6.45, 7) is 6.24. The largest absolute Gasteiger partial charge is 0.480 e. The topological polar surface area (TPSA) is 69.6 Å². The lowest BCUT2D eigenvalue weighted by Crippen LogP contribution is -2.57. The molecule has 0 saturated heterocycles. The molecule has 2 amide bonds. The van der Waals surface area contributed by atoms with E-state index in [4.69, 9.17) is 5.11 Å². The van der Waals surface area contributed by atoms with E-state index in [2.05, 4.69) is 12.2 Å². The highest BCUT2D eigenvalue weighted by Crippen LogP contribution is 2.34. The van der Waals surface area contributed by atoms with Crippen LogP contribution in [0.15, 0.2) is 0 Å². The van der Waals surface area contributed by atoms with E-state index in [9.17, 15) is 9.59 Å². The molecule has 0 unspecified atom stereocenters. The molecule has 0 spiro atoms. The summed E-state index contributed by atoms with van der Waals surface area (Å²) < 4.78 is 0. The van der Waals surface area contributed by atoms with Gasteiger partial charge in [-0.05, 0) is 31.6 Å². The summed E-state index contributed by atoms with van der Waals surface area (Å²) in [5, 5.41) is 11.9. The molecule has 1 saturated carbocycles. The Morgan fingerprint density at radius 2 is 2.00 bits per heavy atom. The van der Waals surface area contributed by atoms with Crippen LogP contribution in [-0.2, 0) is 4.79 Å². The average Bonchev–Trinajstić information content (AvgIpc) is 2.20. The van der Waals surface area contributed by atoms with Crippen LogP contribution in [0, 0.1) is 5.92 Å². The molecule has 1 fully saturated rings. The van der Waals surface area contributed by atoms with Crippen LogP contribution in [0.3, 0.4) is 0 Å². The van der Waals surface area contributed by atoms with Gasteiger partial charge in [-0.1, -0.05) is 20.8 Å². The average molecular weight is 256 g/mol. The number of hydrogen-bond donors (Lipinski definition) is 2. The van der Waals surface area contributed by atoms with Gasteiger partial charge in [0.25, 0.3) is 0 Å². The van der Waals surface area contributed by atoms with Crippen LogP contribution in [0.5, 0.6) is 0 Å². The van der Waals surface area contributed by atoms with Gasteiger partial charge in [0.05, 0.1) is 0 Å². The number of urea groups is 1. The van der Waals surface area contributed by atoms with Gasteiger partial charge in [-0.15, -0.1) is 0 Å². The number of carboxylic acid groups (broad SMARTS) is 1. The van der Waals surface area contributed by atoms with Gasteiger partial charge in [-0.25, -0.2) is 4.79 Å². The van der Waals surface area contributed by atoms with E-state index in [0.29, 0.717) is 6.54 Å². The lowest BCUT2D eigenvalue weighted by molar-refractivity contribution is -0.137. The van der Waals surface area contributed by atoms with E-state index in [1.165, 1.54) is 4.90 Å². The van der Waals surface area contributed by atoms with E-state index in [1.807, 2.05) is 13.8 Å². The third kappa shape index (κ3) is 3.89. The fourth-order valence-electron chi connectivity index (χ4n) is 2.30. The Hall–Kier alpha value is -1.26. The molecule has 18 heavy (non-hydrogen) atoms. The predicted octanol–water partition coefficient (Wildman–Crippen LogP) is 2.07. The summed E-state index contributed by atoms with van der Waals surface area (Å²) in [6, 6.07) is -0.243. The Labute approximate surface area is 109 Å². The van der Waals surface area contributed by atoms with Crippen molar-refractivity contribution < 1.29 is 14.7 Å². The highest BCUT2D eigenvalue weighted by atomic mass is 16.4. The highest BCUT2D eigenvalue weighted by molar-refractivity contribution is 5.80. The maximum atomic E-state index is 12.1. The number of amides is 2. The van der Waals surface area contributed by atoms with Crippen molar-refractivity contribution in [3.05, 3.63) is 0 Å². The van der Waals surface area contributed by atoms with E-state index >= 15 is 0 Å². The zero-order chi connectivity index (χ0) is 13.8. The minimum atomic E-state index is -0.968. The second kappa shape index (κ2) is 6.07. The predicted molar refractivity (Wildman–Crippen MR) is 69.5 cm³/mol. The summed E-state index contributed by atoms with van der Waals surface area (Å²) in [5.74, 6) is -0.709. The first-order chi connectivity index (χ1) is 8.38. The van der Waals surface area contributed by atoms with E-state index < -0.39 is 5.97 Å². The minimum absolute atomic E-state index is 0.0924. The Morgan fingerprint density at radius 3 is 2.33 bits per heavy atom. The summed E-state index contributed by atoms with van der Waals surface area (Å²) in [6.07, 6.45) is 4.04. The summed E-state index contributed by atoms with van der Waals surface area (Å²) in [7, 11) is 0. The molecule has 104 valence electrons. The number of carboxylic acids is 1. The Morgan fingerprint density at radius 1 is 1.39 bits per heavy atom. The van der Waals surface area contributed by atoms with Crippen molar-refractivity contribution in [1.82, 2.24) is 10.2 Å². The Bertz CT molecular complexity index is 306. The van der Waals surface area contributed by atoms with Crippen LogP contribution in [-0.4, -0.2) is 40.6 Å². The summed E-state index contributed by atoms with van der Waals surface area (Å²) >= 11 is 0. The number of nitrogens with one attached hydrogen (secondary N) is 1. The van der Waals surface area contributed by atoms with Gasteiger partial charge in [-0.3, -0.25) is 4.79 Å². The number of hydrogen-bond acceptors (Lipinski definition) is 2. The van der Waals surface area contributed by atoms with Gasteiger partial charge < -0.3 is 15.3 Å².